The molecule has 1 aromatic rings. The smallest absolute Gasteiger partial charge is 0.407 e. The number of amides is 1. The predicted octanol–water partition coefficient (Wildman–Crippen LogP) is 4.04. The monoisotopic (exact) mass is 326 g/mol. The Morgan fingerprint density at radius 3 is 2.41 bits per heavy atom. The van der Waals surface area contributed by atoms with Gasteiger partial charge in [-0.15, -0.1) is 0 Å². The second-order valence-electron chi connectivity index (χ2n) is 7.18. The normalized spacial score (nSPS) is 12.1. The minimum Gasteiger partial charge on any atom is -0.444 e. The molecule has 0 aliphatic heterocycles. The molecule has 2 N–H and O–H groups in total. The summed E-state index contributed by atoms with van der Waals surface area (Å²) in [4.78, 5) is 11.7. The van der Waals surface area contributed by atoms with Crippen LogP contribution in [-0.4, -0.2) is 23.8 Å². The molecule has 0 saturated carbocycles. The maximum absolute atomic E-state index is 11.7. The van der Waals surface area contributed by atoms with E-state index in [4.69, 9.17) is 16.3 Å². The Balaban J connectivity index is 2.46. The Kier molecular flexibility index (Phi) is 6.27. The molecule has 0 atom stereocenters. The van der Waals surface area contributed by atoms with Crippen molar-refractivity contribution >= 4 is 17.7 Å². The molecule has 0 spiro atoms. The summed E-state index contributed by atoms with van der Waals surface area (Å²) >= 11 is 6.13. The molecule has 0 aliphatic rings. The lowest BCUT2D eigenvalue weighted by Crippen LogP contribution is -2.49. The highest BCUT2D eigenvalue weighted by Crippen LogP contribution is 2.17. The number of ether oxygens (including phenoxy) is 1. The first-order chi connectivity index (χ1) is 9.98. The number of hydrogen-bond donors (Lipinski definition) is 2. The molecular weight excluding hydrogens is 300 g/mol. The number of aryl methyl sites for hydroxylation is 1. The van der Waals surface area contributed by atoms with Crippen LogP contribution in [0.4, 0.5) is 4.79 Å². The van der Waals surface area contributed by atoms with Gasteiger partial charge in [0.2, 0.25) is 0 Å². The van der Waals surface area contributed by atoms with Crippen LogP contribution in [0.2, 0.25) is 5.02 Å². The van der Waals surface area contributed by atoms with Gasteiger partial charge >= 0.3 is 6.09 Å². The molecule has 1 aromatic carbocycles. The third-order valence-electron chi connectivity index (χ3n) is 3.08. The largest absolute Gasteiger partial charge is 0.444 e. The maximum atomic E-state index is 11.7. The van der Waals surface area contributed by atoms with Crippen LogP contribution in [0.1, 0.15) is 45.7 Å². The first kappa shape index (κ1) is 18.8. The standard InChI is InChI=1S/C17H27ClN2O2/c1-12-7-8-13(9-14(12)18)10-20-17(5,6)11-19-15(21)22-16(2,3)4/h7-9,20H,10-11H2,1-6H3,(H,19,21). The lowest BCUT2D eigenvalue weighted by atomic mass is 10.0. The van der Waals surface area contributed by atoms with Crippen molar-refractivity contribution in [1.82, 2.24) is 10.6 Å². The Labute approximate surface area is 138 Å². The highest BCUT2D eigenvalue weighted by molar-refractivity contribution is 6.31. The van der Waals surface area contributed by atoms with Gasteiger partial charge in [0, 0.05) is 23.7 Å². The molecule has 4 nitrogen and oxygen atoms in total. The van der Waals surface area contributed by atoms with Crippen molar-refractivity contribution in [2.45, 2.75) is 59.2 Å². The third-order valence-corrected chi connectivity index (χ3v) is 3.49. The molecular formula is C17H27ClN2O2. The van der Waals surface area contributed by atoms with E-state index in [9.17, 15) is 4.79 Å². The van der Waals surface area contributed by atoms with E-state index in [1.54, 1.807) is 0 Å². The highest BCUT2D eigenvalue weighted by atomic mass is 35.5. The summed E-state index contributed by atoms with van der Waals surface area (Å²) in [6.07, 6.45) is -0.402. The zero-order valence-corrected chi connectivity index (χ0v) is 15.1. The Hall–Kier alpha value is -1.26. The summed E-state index contributed by atoms with van der Waals surface area (Å²) in [6, 6.07) is 6.01. The van der Waals surface area contributed by atoms with Crippen molar-refractivity contribution in [3.8, 4) is 0 Å². The zero-order chi connectivity index (χ0) is 17.0. The fourth-order valence-corrected chi connectivity index (χ4v) is 1.96. The van der Waals surface area contributed by atoms with Crippen LogP contribution in [0.25, 0.3) is 0 Å². The number of carbonyl (C=O) groups is 1. The number of alkyl carbamates (subject to hydrolysis) is 1. The van der Waals surface area contributed by atoms with E-state index in [2.05, 4.69) is 10.6 Å². The van der Waals surface area contributed by atoms with Crippen molar-refractivity contribution in [3.63, 3.8) is 0 Å². The van der Waals surface area contributed by atoms with Gasteiger partial charge in [-0.25, -0.2) is 4.79 Å². The van der Waals surface area contributed by atoms with Crippen molar-refractivity contribution in [2.75, 3.05) is 6.54 Å². The summed E-state index contributed by atoms with van der Waals surface area (Å²) < 4.78 is 5.23. The molecule has 1 amide bonds. The van der Waals surface area contributed by atoms with Gasteiger partial charge in [-0.2, -0.15) is 0 Å². The van der Waals surface area contributed by atoms with Crippen LogP contribution in [0.3, 0.4) is 0 Å². The van der Waals surface area contributed by atoms with Crippen LogP contribution in [0.15, 0.2) is 18.2 Å². The molecule has 0 saturated heterocycles. The number of rotatable bonds is 5. The fourth-order valence-electron chi connectivity index (χ4n) is 1.76. The summed E-state index contributed by atoms with van der Waals surface area (Å²) in [5.41, 5.74) is 1.44. The lowest BCUT2D eigenvalue weighted by Gasteiger charge is -2.28. The molecule has 22 heavy (non-hydrogen) atoms. The second-order valence-corrected chi connectivity index (χ2v) is 7.58. The Morgan fingerprint density at radius 1 is 1.23 bits per heavy atom. The van der Waals surface area contributed by atoms with Gasteiger partial charge in [0.25, 0.3) is 0 Å². The SMILES string of the molecule is Cc1ccc(CNC(C)(C)CNC(=O)OC(C)(C)C)cc1Cl. The van der Waals surface area contributed by atoms with E-state index in [1.165, 1.54) is 0 Å². The minimum atomic E-state index is -0.486. The van der Waals surface area contributed by atoms with Crippen molar-refractivity contribution in [3.05, 3.63) is 34.3 Å². The van der Waals surface area contributed by atoms with E-state index in [0.29, 0.717) is 13.1 Å². The van der Waals surface area contributed by atoms with Gasteiger partial charge in [0.05, 0.1) is 0 Å². The van der Waals surface area contributed by atoms with Crippen LogP contribution in [-0.2, 0) is 11.3 Å². The minimum absolute atomic E-state index is 0.256. The van der Waals surface area contributed by atoms with Crippen LogP contribution < -0.4 is 10.6 Å². The number of hydrogen-bond acceptors (Lipinski definition) is 3. The predicted molar refractivity (Wildman–Crippen MR) is 91.3 cm³/mol. The lowest BCUT2D eigenvalue weighted by molar-refractivity contribution is 0.0513. The molecule has 0 heterocycles. The molecule has 5 heteroatoms. The average Bonchev–Trinajstić information content (AvgIpc) is 2.36. The first-order valence-electron chi connectivity index (χ1n) is 7.45. The van der Waals surface area contributed by atoms with Gasteiger partial charge in [-0.05, 0) is 58.7 Å². The Bertz CT molecular complexity index is 522. The first-order valence-corrected chi connectivity index (χ1v) is 7.83. The molecule has 0 radical (unpaired) electrons. The van der Waals surface area contributed by atoms with Crippen molar-refractivity contribution in [1.29, 1.82) is 0 Å². The molecule has 1 rings (SSSR count). The molecule has 0 fully saturated rings. The molecule has 0 aromatic heterocycles. The second kappa shape index (κ2) is 7.34. The summed E-state index contributed by atoms with van der Waals surface area (Å²) in [6.45, 7) is 12.7. The Morgan fingerprint density at radius 2 is 1.86 bits per heavy atom. The maximum Gasteiger partial charge on any atom is 0.407 e. The molecule has 124 valence electrons. The van der Waals surface area contributed by atoms with Crippen molar-refractivity contribution < 1.29 is 9.53 Å². The van der Waals surface area contributed by atoms with Crippen LogP contribution >= 0.6 is 11.6 Å². The van der Waals surface area contributed by atoms with E-state index < -0.39 is 11.7 Å². The number of benzene rings is 1. The highest BCUT2D eigenvalue weighted by Gasteiger charge is 2.21. The van der Waals surface area contributed by atoms with Gasteiger partial charge in [-0.3, -0.25) is 0 Å². The van der Waals surface area contributed by atoms with E-state index in [1.807, 2.05) is 59.7 Å². The third kappa shape index (κ3) is 7.14. The number of nitrogens with one attached hydrogen (secondary N) is 2. The number of halogens is 1. The fraction of sp³-hybridized carbons (Fsp3) is 0.588. The van der Waals surface area contributed by atoms with Gasteiger partial charge < -0.3 is 15.4 Å². The van der Waals surface area contributed by atoms with Gasteiger partial charge in [-0.1, -0.05) is 23.7 Å². The van der Waals surface area contributed by atoms with Gasteiger partial charge in [0.1, 0.15) is 5.60 Å². The van der Waals surface area contributed by atoms with E-state index >= 15 is 0 Å². The average molecular weight is 327 g/mol. The topological polar surface area (TPSA) is 50.4 Å². The van der Waals surface area contributed by atoms with E-state index in [-0.39, 0.29) is 5.54 Å². The molecule has 0 bridgehead atoms. The summed E-state index contributed by atoms with van der Waals surface area (Å²) in [5, 5.41) is 6.97. The van der Waals surface area contributed by atoms with Crippen LogP contribution in [0, 0.1) is 6.92 Å². The van der Waals surface area contributed by atoms with Crippen LogP contribution in [0.5, 0.6) is 0 Å². The zero-order valence-electron chi connectivity index (χ0n) is 14.3. The van der Waals surface area contributed by atoms with Crippen molar-refractivity contribution in [2.24, 2.45) is 0 Å². The van der Waals surface area contributed by atoms with Gasteiger partial charge in [0.15, 0.2) is 0 Å². The molecule has 0 aliphatic carbocycles. The quantitative estimate of drug-likeness (QED) is 0.858. The van der Waals surface area contributed by atoms with E-state index in [0.717, 1.165) is 16.1 Å². The summed E-state index contributed by atoms with van der Waals surface area (Å²) in [5.74, 6) is 0. The number of carbonyl (C=O) groups excluding carboxylic acids is 1. The summed E-state index contributed by atoms with van der Waals surface area (Å²) in [7, 11) is 0. The molecule has 0 unspecified atom stereocenters.